The summed E-state index contributed by atoms with van der Waals surface area (Å²) in [7, 11) is 1.88. The van der Waals surface area contributed by atoms with E-state index in [1.54, 1.807) is 0 Å². The summed E-state index contributed by atoms with van der Waals surface area (Å²) in [4.78, 5) is 0. The van der Waals surface area contributed by atoms with Crippen LogP contribution >= 0.6 is 0 Å². The van der Waals surface area contributed by atoms with Gasteiger partial charge in [0.1, 0.15) is 0 Å². The number of aliphatic hydroxyl groups is 1. The van der Waals surface area contributed by atoms with Gasteiger partial charge >= 0.3 is 0 Å². The molecule has 0 saturated carbocycles. The van der Waals surface area contributed by atoms with E-state index in [1.807, 2.05) is 51.2 Å². The van der Waals surface area contributed by atoms with Crippen molar-refractivity contribution < 1.29 is 5.11 Å². The number of hydrogen-bond acceptors (Lipinski definition) is 2. The predicted molar refractivity (Wildman–Crippen MR) is 59.2 cm³/mol. The predicted octanol–water partition coefficient (Wildman–Crippen LogP) is 2.11. The fourth-order valence-electron chi connectivity index (χ4n) is 1.69. The molecule has 2 nitrogen and oxygen atoms in total. The highest BCUT2D eigenvalue weighted by Crippen LogP contribution is 2.27. The minimum absolute atomic E-state index is 0.00583. The lowest BCUT2D eigenvalue weighted by molar-refractivity contribution is 0.0174. The molecule has 78 valence electrons. The zero-order valence-corrected chi connectivity index (χ0v) is 9.12. The molecule has 2 heteroatoms. The Balaban J connectivity index is 2.93. The van der Waals surface area contributed by atoms with Crippen LogP contribution in [-0.2, 0) is 0 Å². The third kappa shape index (κ3) is 2.34. The van der Waals surface area contributed by atoms with E-state index in [-0.39, 0.29) is 6.04 Å². The summed E-state index contributed by atoms with van der Waals surface area (Å²) in [6.45, 7) is 3.86. The maximum absolute atomic E-state index is 10.2. The van der Waals surface area contributed by atoms with Crippen LogP contribution in [0.2, 0.25) is 0 Å². The van der Waals surface area contributed by atoms with E-state index in [1.165, 1.54) is 0 Å². The third-order valence-corrected chi connectivity index (χ3v) is 2.76. The standard InChI is InChI=1S/C12H19NO/c1-4-12(2,14)11(13-3)10-8-6-5-7-9-10/h5-9,11,13-14H,4H2,1-3H3/t11-,12-/m0/s1. The second-order valence-corrected chi connectivity index (χ2v) is 3.84. The monoisotopic (exact) mass is 193 g/mol. The molecular formula is C12H19NO. The van der Waals surface area contributed by atoms with Crippen LogP contribution in [-0.4, -0.2) is 17.8 Å². The van der Waals surface area contributed by atoms with Gasteiger partial charge in [-0.2, -0.15) is 0 Å². The molecule has 2 N–H and O–H groups in total. The summed E-state index contributed by atoms with van der Waals surface area (Å²) < 4.78 is 0. The highest BCUT2D eigenvalue weighted by molar-refractivity contribution is 5.21. The summed E-state index contributed by atoms with van der Waals surface area (Å²) >= 11 is 0. The molecule has 0 bridgehead atoms. The zero-order chi connectivity index (χ0) is 10.6. The molecule has 0 radical (unpaired) electrons. The minimum atomic E-state index is -0.698. The molecule has 0 heterocycles. The Labute approximate surface area is 86.0 Å². The first-order valence-corrected chi connectivity index (χ1v) is 5.06. The Morgan fingerprint density at radius 1 is 1.36 bits per heavy atom. The van der Waals surface area contributed by atoms with E-state index in [2.05, 4.69) is 5.32 Å². The van der Waals surface area contributed by atoms with E-state index < -0.39 is 5.60 Å². The normalized spacial score (nSPS) is 17.4. The van der Waals surface area contributed by atoms with Crippen molar-refractivity contribution >= 4 is 0 Å². The van der Waals surface area contributed by atoms with Gasteiger partial charge in [0.2, 0.25) is 0 Å². The third-order valence-electron chi connectivity index (χ3n) is 2.76. The quantitative estimate of drug-likeness (QED) is 0.767. The molecule has 0 aromatic heterocycles. The second-order valence-electron chi connectivity index (χ2n) is 3.84. The van der Waals surface area contributed by atoms with Crippen LogP contribution in [0.3, 0.4) is 0 Å². The molecule has 0 saturated heterocycles. The highest BCUT2D eigenvalue weighted by atomic mass is 16.3. The Kier molecular flexibility index (Phi) is 3.67. The molecule has 1 aromatic carbocycles. The molecule has 1 aromatic rings. The largest absolute Gasteiger partial charge is 0.388 e. The molecule has 0 aliphatic carbocycles. The molecule has 14 heavy (non-hydrogen) atoms. The number of nitrogens with one attached hydrogen (secondary N) is 1. The number of likely N-dealkylation sites (N-methyl/N-ethyl adjacent to an activating group) is 1. The lowest BCUT2D eigenvalue weighted by atomic mass is 9.88. The van der Waals surface area contributed by atoms with Gasteiger partial charge in [-0.1, -0.05) is 37.3 Å². The summed E-state index contributed by atoms with van der Waals surface area (Å²) in [6, 6.07) is 10.0. The maximum atomic E-state index is 10.2. The van der Waals surface area contributed by atoms with Crippen molar-refractivity contribution in [3.63, 3.8) is 0 Å². The molecule has 0 aliphatic heterocycles. The van der Waals surface area contributed by atoms with Gasteiger partial charge < -0.3 is 10.4 Å². The van der Waals surface area contributed by atoms with Crippen molar-refractivity contribution in [2.24, 2.45) is 0 Å². The molecule has 0 aliphatic rings. The second kappa shape index (κ2) is 4.58. The molecule has 0 amide bonds. The SMILES string of the molecule is CC[C@](C)(O)[C@@H](NC)c1ccccc1. The Morgan fingerprint density at radius 2 is 1.93 bits per heavy atom. The number of rotatable bonds is 4. The number of hydrogen-bond donors (Lipinski definition) is 2. The molecule has 0 unspecified atom stereocenters. The summed E-state index contributed by atoms with van der Waals surface area (Å²) in [6.07, 6.45) is 0.730. The zero-order valence-electron chi connectivity index (χ0n) is 9.12. The van der Waals surface area contributed by atoms with Crippen molar-refractivity contribution in [1.82, 2.24) is 5.32 Å². The Bertz CT molecular complexity index is 269. The minimum Gasteiger partial charge on any atom is -0.388 e. The van der Waals surface area contributed by atoms with Crippen LogP contribution in [0.25, 0.3) is 0 Å². The summed E-state index contributed by atoms with van der Waals surface area (Å²) in [5.74, 6) is 0. The van der Waals surface area contributed by atoms with Gasteiger partial charge in [-0.15, -0.1) is 0 Å². The van der Waals surface area contributed by atoms with E-state index >= 15 is 0 Å². The first-order valence-electron chi connectivity index (χ1n) is 5.06. The number of benzene rings is 1. The van der Waals surface area contributed by atoms with E-state index in [0.717, 1.165) is 12.0 Å². The van der Waals surface area contributed by atoms with Gasteiger partial charge in [0.05, 0.1) is 11.6 Å². The molecule has 2 atom stereocenters. The van der Waals surface area contributed by atoms with Crippen molar-refractivity contribution in [3.05, 3.63) is 35.9 Å². The first-order chi connectivity index (χ1) is 6.61. The van der Waals surface area contributed by atoms with Crippen LogP contribution in [0.5, 0.6) is 0 Å². The van der Waals surface area contributed by atoms with E-state index in [0.29, 0.717) is 0 Å². The summed E-state index contributed by atoms with van der Waals surface area (Å²) in [5, 5.41) is 13.3. The van der Waals surface area contributed by atoms with Crippen LogP contribution in [0, 0.1) is 0 Å². The van der Waals surface area contributed by atoms with Crippen molar-refractivity contribution in [2.45, 2.75) is 31.9 Å². The van der Waals surface area contributed by atoms with Crippen LogP contribution < -0.4 is 5.32 Å². The van der Waals surface area contributed by atoms with Crippen molar-refractivity contribution in [1.29, 1.82) is 0 Å². The molecule has 1 rings (SSSR count). The highest BCUT2D eigenvalue weighted by Gasteiger charge is 2.29. The Hall–Kier alpha value is -0.860. The average Bonchev–Trinajstić information content (AvgIpc) is 2.20. The Morgan fingerprint density at radius 3 is 2.36 bits per heavy atom. The van der Waals surface area contributed by atoms with Crippen LogP contribution in [0.15, 0.2) is 30.3 Å². The van der Waals surface area contributed by atoms with E-state index in [4.69, 9.17) is 0 Å². The van der Waals surface area contributed by atoms with E-state index in [9.17, 15) is 5.11 Å². The fourth-order valence-corrected chi connectivity index (χ4v) is 1.69. The van der Waals surface area contributed by atoms with Crippen LogP contribution in [0.4, 0.5) is 0 Å². The van der Waals surface area contributed by atoms with Gasteiger partial charge in [0.25, 0.3) is 0 Å². The smallest absolute Gasteiger partial charge is 0.0810 e. The van der Waals surface area contributed by atoms with Gasteiger partial charge in [0.15, 0.2) is 0 Å². The van der Waals surface area contributed by atoms with Crippen LogP contribution in [0.1, 0.15) is 31.9 Å². The molecular weight excluding hydrogens is 174 g/mol. The van der Waals surface area contributed by atoms with Gasteiger partial charge in [0, 0.05) is 0 Å². The molecule has 0 fully saturated rings. The first kappa shape index (κ1) is 11.2. The van der Waals surface area contributed by atoms with Crippen molar-refractivity contribution in [3.8, 4) is 0 Å². The van der Waals surface area contributed by atoms with Gasteiger partial charge in [-0.25, -0.2) is 0 Å². The lowest BCUT2D eigenvalue weighted by Gasteiger charge is -2.32. The van der Waals surface area contributed by atoms with Gasteiger partial charge in [-0.05, 0) is 26.0 Å². The topological polar surface area (TPSA) is 32.3 Å². The maximum Gasteiger partial charge on any atom is 0.0810 e. The molecule has 0 spiro atoms. The van der Waals surface area contributed by atoms with Crippen molar-refractivity contribution in [2.75, 3.05) is 7.05 Å². The summed E-state index contributed by atoms with van der Waals surface area (Å²) in [5.41, 5.74) is 0.428. The average molecular weight is 193 g/mol. The van der Waals surface area contributed by atoms with Gasteiger partial charge in [-0.3, -0.25) is 0 Å². The lowest BCUT2D eigenvalue weighted by Crippen LogP contribution is -2.39. The fraction of sp³-hybridized carbons (Fsp3) is 0.500.